The SMILES string of the molecule is COCOc1cc(-c2cnc(Br)cn2)on1. The van der Waals surface area contributed by atoms with Crippen molar-refractivity contribution in [3.8, 4) is 17.3 Å². The summed E-state index contributed by atoms with van der Waals surface area (Å²) in [4.78, 5) is 8.14. The van der Waals surface area contributed by atoms with Crippen molar-refractivity contribution in [3.05, 3.63) is 23.1 Å². The highest BCUT2D eigenvalue weighted by molar-refractivity contribution is 9.10. The molecule has 84 valence electrons. The molecule has 0 bridgehead atoms. The van der Waals surface area contributed by atoms with Crippen LogP contribution in [-0.4, -0.2) is 29.0 Å². The fourth-order valence-corrected chi connectivity index (χ4v) is 1.21. The van der Waals surface area contributed by atoms with E-state index in [0.717, 1.165) is 0 Å². The first-order valence-electron chi connectivity index (χ1n) is 4.36. The van der Waals surface area contributed by atoms with Gasteiger partial charge in [-0.1, -0.05) is 0 Å². The zero-order valence-corrected chi connectivity index (χ0v) is 9.97. The normalized spacial score (nSPS) is 10.4. The Morgan fingerprint density at radius 1 is 1.38 bits per heavy atom. The first-order valence-corrected chi connectivity index (χ1v) is 5.15. The summed E-state index contributed by atoms with van der Waals surface area (Å²) >= 11 is 3.20. The highest BCUT2D eigenvalue weighted by Gasteiger charge is 2.08. The molecule has 0 aliphatic heterocycles. The lowest BCUT2D eigenvalue weighted by molar-refractivity contribution is 0.0453. The predicted molar refractivity (Wildman–Crippen MR) is 57.7 cm³/mol. The largest absolute Gasteiger partial charge is 0.448 e. The predicted octanol–water partition coefficient (Wildman–Crippen LogP) is 1.88. The maximum atomic E-state index is 5.10. The molecule has 0 saturated heterocycles. The highest BCUT2D eigenvalue weighted by atomic mass is 79.9. The summed E-state index contributed by atoms with van der Waals surface area (Å²) in [6.45, 7) is 0.123. The highest BCUT2D eigenvalue weighted by Crippen LogP contribution is 2.21. The lowest BCUT2D eigenvalue weighted by Gasteiger charge is -1.96. The molecule has 0 aromatic carbocycles. The van der Waals surface area contributed by atoms with E-state index < -0.39 is 0 Å². The van der Waals surface area contributed by atoms with E-state index in [1.165, 1.54) is 7.11 Å². The average Bonchev–Trinajstić information content (AvgIpc) is 2.76. The van der Waals surface area contributed by atoms with Crippen molar-refractivity contribution >= 4 is 15.9 Å². The van der Waals surface area contributed by atoms with Crippen molar-refractivity contribution in [1.29, 1.82) is 0 Å². The van der Waals surface area contributed by atoms with Crippen LogP contribution in [0.25, 0.3) is 11.5 Å². The Hall–Kier alpha value is -1.47. The lowest BCUT2D eigenvalue weighted by atomic mass is 10.3. The third kappa shape index (κ3) is 2.56. The second-order valence-electron chi connectivity index (χ2n) is 2.80. The maximum Gasteiger partial charge on any atom is 0.256 e. The minimum atomic E-state index is 0.123. The Labute approximate surface area is 99.7 Å². The summed E-state index contributed by atoms with van der Waals surface area (Å²) in [6, 6.07) is 1.62. The molecule has 2 heterocycles. The Kier molecular flexibility index (Phi) is 3.47. The van der Waals surface area contributed by atoms with E-state index in [1.807, 2.05) is 0 Å². The second-order valence-corrected chi connectivity index (χ2v) is 3.62. The molecule has 2 aromatic heterocycles. The molecule has 0 aliphatic carbocycles. The fourth-order valence-electron chi connectivity index (χ4n) is 1.01. The van der Waals surface area contributed by atoms with Crippen LogP contribution in [0.2, 0.25) is 0 Å². The summed E-state index contributed by atoms with van der Waals surface area (Å²) < 4.78 is 15.5. The molecule has 2 aromatic rings. The summed E-state index contributed by atoms with van der Waals surface area (Å²) in [5.41, 5.74) is 0.586. The van der Waals surface area contributed by atoms with Crippen LogP contribution in [0.3, 0.4) is 0 Å². The molecule has 16 heavy (non-hydrogen) atoms. The standard InChI is InChI=1S/C9H8BrN3O3/c1-14-5-15-9-2-7(16-13-9)6-3-12-8(10)4-11-6/h2-4H,5H2,1H3. The van der Waals surface area contributed by atoms with E-state index in [1.54, 1.807) is 18.5 Å². The van der Waals surface area contributed by atoms with Crippen molar-refractivity contribution in [2.75, 3.05) is 13.9 Å². The van der Waals surface area contributed by atoms with Crippen LogP contribution in [0.1, 0.15) is 0 Å². The number of hydrogen-bond donors (Lipinski definition) is 0. The van der Waals surface area contributed by atoms with Crippen LogP contribution < -0.4 is 4.74 Å². The monoisotopic (exact) mass is 285 g/mol. The molecule has 0 atom stereocenters. The second kappa shape index (κ2) is 5.04. The smallest absolute Gasteiger partial charge is 0.256 e. The number of rotatable bonds is 4. The molecule has 0 fully saturated rings. The van der Waals surface area contributed by atoms with Gasteiger partial charge in [0, 0.05) is 7.11 Å². The number of hydrogen-bond acceptors (Lipinski definition) is 6. The molecular formula is C9H8BrN3O3. The average molecular weight is 286 g/mol. The van der Waals surface area contributed by atoms with Crippen LogP contribution in [0, 0.1) is 0 Å². The molecule has 0 unspecified atom stereocenters. The first-order chi connectivity index (χ1) is 7.79. The van der Waals surface area contributed by atoms with E-state index in [9.17, 15) is 0 Å². The van der Waals surface area contributed by atoms with Gasteiger partial charge in [0.1, 0.15) is 10.3 Å². The molecule has 0 aliphatic rings. The summed E-state index contributed by atoms with van der Waals surface area (Å²) in [5.74, 6) is 0.840. The summed E-state index contributed by atoms with van der Waals surface area (Å²) in [7, 11) is 1.53. The third-order valence-electron chi connectivity index (χ3n) is 1.69. The molecule has 0 saturated carbocycles. The molecule has 0 N–H and O–H groups in total. The van der Waals surface area contributed by atoms with Gasteiger partial charge >= 0.3 is 0 Å². The van der Waals surface area contributed by atoms with Gasteiger partial charge in [0.15, 0.2) is 12.6 Å². The maximum absolute atomic E-state index is 5.10. The molecular weight excluding hydrogens is 278 g/mol. The first kappa shape index (κ1) is 11.0. The fraction of sp³-hybridized carbons (Fsp3) is 0.222. The van der Waals surface area contributed by atoms with E-state index in [4.69, 9.17) is 14.0 Å². The van der Waals surface area contributed by atoms with Gasteiger partial charge in [0.05, 0.1) is 18.5 Å². The molecule has 7 heteroatoms. The van der Waals surface area contributed by atoms with Gasteiger partial charge in [0.25, 0.3) is 5.88 Å². The van der Waals surface area contributed by atoms with Crippen molar-refractivity contribution < 1.29 is 14.0 Å². The van der Waals surface area contributed by atoms with Crippen LogP contribution >= 0.6 is 15.9 Å². The van der Waals surface area contributed by atoms with E-state index in [-0.39, 0.29) is 6.79 Å². The molecule has 0 amide bonds. The molecule has 0 spiro atoms. The van der Waals surface area contributed by atoms with Crippen LogP contribution in [0.4, 0.5) is 0 Å². The minimum Gasteiger partial charge on any atom is -0.448 e. The van der Waals surface area contributed by atoms with Gasteiger partial charge in [-0.2, -0.15) is 0 Å². The van der Waals surface area contributed by atoms with Gasteiger partial charge in [-0.3, -0.25) is 0 Å². The Balaban J connectivity index is 2.15. The Morgan fingerprint density at radius 3 is 2.94 bits per heavy atom. The summed E-state index contributed by atoms with van der Waals surface area (Å²) in [5, 5.41) is 3.70. The number of ether oxygens (including phenoxy) is 2. The Bertz CT molecular complexity index is 457. The van der Waals surface area contributed by atoms with Crippen LogP contribution in [0.5, 0.6) is 5.88 Å². The quantitative estimate of drug-likeness (QED) is 0.799. The molecule has 2 rings (SSSR count). The Morgan fingerprint density at radius 2 is 2.25 bits per heavy atom. The third-order valence-corrected chi connectivity index (χ3v) is 2.10. The topological polar surface area (TPSA) is 70.3 Å². The van der Waals surface area contributed by atoms with Crippen molar-refractivity contribution in [2.24, 2.45) is 0 Å². The van der Waals surface area contributed by atoms with Gasteiger partial charge in [0.2, 0.25) is 0 Å². The molecule has 0 radical (unpaired) electrons. The number of methoxy groups -OCH3 is 1. The summed E-state index contributed by atoms with van der Waals surface area (Å²) in [6.07, 6.45) is 3.15. The zero-order chi connectivity index (χ0) is 11.4. The van der Waals surface area contributed by atoms with Crippen LogP contribution in [-0.2, 0) is 4.74 Å². The van der Waals surface area contributed by atoms with Crippen LogP contribution in [0.15, 0.2) is 27.6 Å². The van der Waals surface area contributed by atoms with Gasteiger partial charge in [-0.15, -0.1) is 0 Å². The minimum absolute atomic E-state index is 0.123. The van der Waals surface area contributed by atoms with Crippen molar-refractivity contribution in [1.82, 2.24) is 15.1 Å². The van der Waals surface area contributed by atoms with E-state index in [0.29, 0.717) is 21.9 Å². The van der Waals surface area contributed by atoms with E-state index in [2.05, 4.69) is 31.1 Å². The van der Waals surface area contributed by atoms with Gasteiger partial charge in [-0.25, -0.2) is 9.97 Å². The van der Waals surface area contributed by atoms with E-state index >= 15 is 0 Å². The number of aromatic nitrogens is 3. The van der Waals surface area contributed by atoms with Crippen molar-refractivity contribution in [3.63, 3.8) is 0 Å². The zero-order valence-electron chi connectivity index (χ0n) is 8.38. The van der Waals surface area contributed by atoms with Gasteiger partial charge < -0.3 is 14.0 Å². The van der Waals surface area contributed by atoms with Gasteiger partial charge in [-0.05, 0) is 21.1 Å². The lowest BCUT2D eigenvalue weighted by Crippen LogP contribution is -1.98. The molecule has 6 nitrogen and oxygen atoms in total. The number of nitrogens with zero attached hydrogens (tertiary/aromatic N) is 3. The van der Waals surface area contributed by atoms with Crippen molar-refractivity contribution in [2.45, 2.75) is 0 Å². The number of halogens is 1.